The zero-order valence-corrected chi connectivity index (χ0v) is 15.0. The molecular weight excluding hydrogens is 302 g/mol. The number of hydrogen-bond donors (Lipinski definition) is 2. The first-order valence-corrected chi connectivity index (χ1v) is 9.08. The molecule has 0 saturated heterocycles. The number of hydrogen-bond acceptors (Lipinski definition) is 3. The zero-order chi connectivity index (χ0) is 17.0. The van der Waals surface area contributed by atoms with E-state index < -0.39 is 0 Å². The zero-order valence-electron chi connectivity index (χ0n) is 15.0. The molecule has 1 saturated carbocycles. The second-order valence-electron chi connectivity index (χ2n) is 6.10. The van der Waals surface area contributed by atoms with E-state index in [0.717, 1.165) is 43.4 Å². The molecule has 0 radical (unpaired) electrons. The average Bonchev–Trinajstić information content (AvgIpc) is 3.13. The molecular formula is C19H31N3O2. The van der Waals surface area contributed by atoms with E-state index in [-0.39, 0.29) is 0 Å². The van der Waals surface area contributed by atoms with E-state index in [2.05, 4.69) is 28.6 Å². The Labute approximate surface area is 145 Å². The summed E-state index contributed by atoms with van der Waals surface area (Å²) >= 11 is 0. The number of nitrogens with one attached hydrogen (secondary N) is 2. The number of guanidine groups is 1. The van der Waals surface area contributed by atoms with Crippen LogP contribution in [0.1, 0.15) is 44.6 Å². The van der Waals surface area contributed by atoms with Crippen LogP contribution in [-0.4, -0.2) is 38.9 Å². The summed E-state index contributed by atoms with van der Waals surface area (Å²) in [6.07, 6.45) is 6.62. The van der Waals surface area contributed by atoms with Gasteiger partial charge in [0.15, 0.2) is 5.96 Å². The standard InChI is InChI=1S/C19H31N3O2/c1-3-20-19(21-12-7-13-24-17-9-4-5-10-17)22-15-16-8-6-11-18(14-16)23-2/h6,8,11,14,17H,3-5,7,9-10,12-13,15H2,1-2H3,(H2,20,21,22). The maximum atomic E-state index is 5.89. The van der Waals surface area contributed by atoms with Crippen molar-refractivity contribution in [3.8, 4) is 5.75 Å². The molecule has 0 aromatic heterocycles. The van der Waals surface area contributed by atoms with Gasteiger partial charge in [-0.05, 0) is 43.9 Å². The van der Waals surface area contributed by atoms with E-state index >= 15 is 0 Å². The fourth-order valence-corrected chi connectivity index (χ4v) is 2.87. The number of methoxy groups -OCH3 is 1. The van der Waals surface area contributed by atoms with Gasteiger partial charge in [0.1, 0.15) is 5.75 Å². The van der Waals surface area contributed by atoms with E-state index in [4.69, 9.17) is 9.47 Å². The monoisotopic (exact) mass is 333 g/mol. The maximum absolute atomic E-state index is 5.89. The summed E-state index contributed by atoms with van der Waals surface area (Å²) in [6.45, 7) is 5.25. The van der Waals surface area contributed by atoms with Gasteiger partial charge in [-0.2, -0.15) is 0 Å². The molecule has 0 aliphatic heterocycles. The highest BCUT2D eigenvalue weighted by atomic mass is 16.5. The van der Waals surface area contributed by atoms with E-state index in [9.17, 15) is 0 Å². The second kappa shape index (κ2) is 10.9. The molecule has 1 aromatic rings. The topological polar surface area (TPSA) is 54.9 Å². The van der Waals surface area contributed by atoms with Gasteiger partial charge in [-0.25, -0.2) is 4.99 Å². The van der Waals surface area contributed by atoms with Crippen molar-refractivity contribution >= 4 is 5.96 Å². The lowest BCUT2D eigenvalue weighted by Gasteiger charge is -2.13. The van der Waals surface area contributed by atoms with Crippen LogP contribution in [0.15, 0.2) is 29.3 Å². The molecule has 0 bridgehead atoms. The third-order valence-electron chi connectivity index (χ3n) is 4.17. The molecule has 0 spiro atoms. The molecule has 5 nitrogen and oxygen atoms in total. The van der Waals surface area contributed by atoms with E-state index in [0.29, 0.717) is 12.6 Å². The molecule has 5 heteroatoms. The molecule has 2 N–H and O–H groups in total. The van der Waals surface area contributed by atoms with Crippen molar-refractivity contribution in [2.75, 3.05) is 26.8 Å². The van der Waals surface area contributed by atoms with Crippen molar-refractivity contribution in [3.05, 3.63) is 29.8 Å². The molecule has 24 heavy (non-hydrogen) atoms. The van der Waals surface area contributed by atoms with Gasteiger partial charge in [-0.15, -0.1) is 0 Å². The minimum Gasteiger partial charge on any atom is -0.497 e. The van der Waals surface area contributed by atoms with Crippen LogP contribution in [0.3, 0.4) is 0 Å². The Morgan fingerprint density at radius 2 is 2.08 bits per heavy atom. The van der Waals surface area contributed by atoms with E-state index in [1.807, 2.05) is 18.2 Å². The third-order valence-corrected chi connectivity index (χ3v) is 4.17. The number of benzene rings is 1. The average molecular weight is 333 g/mol. The number of rotatable bonds is 9. The fourth-order valence-electron chi connectivity index (χ4n) is 2.87. The summed E-state index contributed by atoms with van der Waals surface area (Å²) in [5, 5.41) is 6.65. The summed E-state index contributed by atoms with van der Waals surface area (Å²) in [5.74, 6) is 1.71. The van der Waals surface area contributed by atoms with Gasteiger partial charge >= 0.3 is 0 Å². The Hall–Kier alpha value is -1.75. The van der Waals surface area contributed by atoms with Gasteiger partial charge in [0.2, 0.25) is 0 Å². The molecule has 0 amide bonds. The smallest absolute Gasteiger partial charge is 0.191 e. The van der Waals surface area contributed by atoms with E-state index in [1.54, 1.807) is 7.11 Å². The molecule has 0 unspecified atom stereocenters. The Kier molecular flexibility index (Phi) is 8.46. The van der Waals surface area contributed by atoms with E-state index in [1.165, 1.54) is 25.7 Å². The lowest BCUT2D eigenvalue weighted by Crippen LogP contribution is -2.38. The normalized spacial score (nSPS) is 15.5. The van der Waals surface area contributed by atoms with Crippen molar-refractivity contribution in [1.29, 1.82) is 0 Å². The van der Waals surface area contributed by atoms with Crippen molar-refractivity contribution in [3.63, 3.8) is 0 Å². The number of aliphatic imine (C=N–C) groups is 1. The van der Waals surface area contributed by atoms with Crippen LogP contribution < -0.4 is 15.4 Å². The third kappa shape index (κ3) is 6.79. The number of nitrogens with zero attached hydrogens (tertiary/aromatic N) is 1. The molecule has 134 valence electrons. The van der Waals surface area contributed by atoms with Crippen molar-refractivity contribution in [1.82, 2.24) is 10.6 Å². The van der Waals surface area contributed by atoms with Crippen LogP contribution in [0, 0.1) is 0 Å². The second-order valence-corrected chi connectivity index (χ2v) is 6.10. The van der Waals surface area contributed by atoms with Crippen LogP contribution in [0.2, 0.25) is 0 Å². The van der Waals surface area contributed by atoms with Crippen LogP contribution in [-0.2, 0) is 11.3 Å². The van der Waals surface area contributed by atoms with Gasteiger partial charge in [-0.3, -0.25) is 0 Å². The summed E-state index contributed by atoms with van der Waals surface area (Å²) in [7, 11) is 1.68. The highest BCUT2D eigenvalue weighted by molar-refractivity contribution is 5.79. The van der Waals surface area contributed by atoms with Crippen LogP contribution in [0.5, 0.6) is 5.75 Å². The molecule has 1 fully saturated rings. The Morgan fingerprint density at radius 1 is 1.25 bits per heavy atom. The summed E-state index contributed by atoms with van der Waals surface area (Å²) in [6, 6.07) is 8.01. The first kappa shape index (κ1) is 18.6. The minimum absolute atomic E-state index is 0.500. The van der Waals surface area contributed by atoms with Crippen molar-refractivity contribution in [2.24, 2.45) is 4.99 Å². The van der Waals surface area contributed by atoms with Crippen molar-refractivity contribution in [2.45, 2.75) is 51.7 Å². The quantitative estimate of drug-likeness (QED) is 0.414. The van der Waals surface area contributed by atoms with Gasteiger partial charge in [0, 0.05) is 19.7 Å². The molecule has 1 aliphatic carbocycles. The fraction of sp³-hybridized carbons (Fsp3) is 0.632. The highest BCUT2D eigenvalue weighted by Gasteiger charge is 2.14. The van der Waals surface area contributed by atoms with Gasteiger partial charge in [0.25, 0.3) is 0 Å². The van der Waals surface area contributed by atoms with Gasteiger partial charge in [-0.1, -0.05) is 25.0 Å². The van der Waals surface area contributed by atoms with Crippen LogP contribution in [0.4, 0.5) is 0 Å². The Bertz CT molecular complexity index is 499. The summed E-state index contributed by atoms with van der Waals surface area (Å²) in [5.41, 5.74) is 1.14. The highest BCUT2D eigenvalue weighted by Crippen LogP contribution is 2.20. The molecule has 1 aliphatic rings. The molecule has 2 rings (SSSR count). The van der Waals surface area contributed by atoms with Gasteiger partial charge < -0.3 is 20.1 Å². The Morgan fingerprint density at radius 3 is 2.83 bits per heavy atom. The molecule has 0 heterocycles. The van der Waals surface area contributed by atoms with Crippen LogP contribution in [0.25, 0.3) is 0 Å². The summed E-state index contributed by atoms with van der Waals surface area (Å²) in [4.78, 5) is 4.63. The lowest BCUT2D eigenvalue weighted by molar-refractivity contribution is 0.0574. The lowest BCUT2D eigenvalue weighted by atomic mass is 10.2. The van der Waals surface area contributed by atoms with Crippen molar-refractivity contribution < 1.29 is 9.47 Å². The minimum atomic E-state index is 0.500. The summed E-state index contributed by atoms with van der Waals surface area (Å²) < 4.78 is 11.1. The number of ether oxygens (including phenoxy) is 2. The SMILES string of the molecule is CCNC(=NCc1cccc(OC)c1)NCCCOC1CCCC1. The molecule has 0 atom stereocenters. The predicted octanol–water partition coefficient (Wildman–Crippen LogP) is 3.10. The molecule has 1 aromatic carbocycles. The maximum Gasteiger partial charge on any atom is 0.191 e. The largest absolute Gasteiger partial charge is 0.497 e. The predicted molar refractivity (Wildman–Crippen MR) is 98.6 cm³/mol. The van der Waals surface area contributed by atoms with Crippen LogP contribution >= 0.6 is 0 Å². The van der Waals surface area contributed by atoms with Gasteiger partial charge in [0.05, 0.1) is 19.8 Å². The first-order chi connectivity index (χ1) is 11.8. The Balaban J connectivity index is 1.71. The first-order valence-electron chi connectivity index (χ1n) is 9.08.